The maximum atomic E-state index is 10.0. The van der Waals surface area contributed by atoms with E-state index < -0.39 is 6.04 Å². The normalized spacial score (nSPS) is 10.9. The topological polar surface area (TPSA) is 183 Å². The van der Waals surface area contributed by atoms with Gasteiger partial charge in [-0.3, -0.25) is 9.97 Å². The minimum absolute atomic E-state index is 0.127. The average Bonchev–Trinajstić information content (AvgIpc) is 3.28. The molecule has 0 saturated heterocycles. The van der Waals surface area contributed by atoms with Gasteiger partial charge in [0.2, 0.25) is 0 Å². The van der Waals surface area contributed by atoms with Crippen molar-refractivity contribution in [3.8, 4) is 46.3 Å². The Hall–Kier alpha value is -6.22. The van der Waals surface area contributed by atoms with Crippen LogP contribution in [0.1, 0.15) is 55.6 Å². The van der Waals surface area contributed by atoms with Crippen molar-refractivity contribution in [3.05, 3.63) is 163 Å². The van der Waals surface area contributed by atoms with Gasteiger partial charge in [0.25, 0.3) is 0 Å². The molecule has 0 radical (unpaired) electrons. The average molecular weight is 861 g/mol. The molecule has 0 spiro atoms. The molecule has 0 aliphatic rings. The number of rotatable bonds is 19. The summed E-state index contributed by atoms with van der Waals surface area (Å²) in [4.78, 5) is 8.20. The summed E-state index contributed by atoms with van der Waals surface area (Å²) in [6.07, 6.45) is 6.19. The Kier molecular flexibility index (Phi) is 15.5. The van der Waals surface area contributed by atoms with E-state index in [2.05, 4.69) is 39.6 Å². The summed E-state index contributed by atoms with van der Waals surface area (Å²) in [6, 6.07) is 25.8. The molecule has 0 amide bonds. The third-order valence-electron chi connectivity index (χ3n) is 10.0. The largest absolute Gasteiger partial charge is 0.488 e. The number of aliphatic hydroxyl groups excluding tert-OH is 3. The van der Waals surface area contributed by atoms with Crippen LogP contribution in [0.2, 0.25) is 10.0 Å². The second kappa shape index (κ2) is 21.3. The third-order valence-corrected chi connectivity index (χ3v) is 10.6. The minimum atomic E-state index is -0.534. The molecule has 0 aliphatic carbocycles. The van der Waals surface area contributed by atoms with Crippen molar-refractivity contribution >= 4 is 23.2 Å². The Balaban J connectivity index is 1.18. The van der Waals surface area contributed by atoms with E-state index >= 15 is 0 Å². The first-order valence-corrected chi connectivity index (χ1v) is 20.0. The van der Waals surface area contributed by atoms with Gasteiger partial charge >= 0.3 is 0 Å². The van der Waals surface area contributed by atoms with Gasteiger partial charge in [-0.05, 0) is 71.5 Å². The van der Waals surface area contributed by atoms with Crippen molar-refractivity contribution in [1.29, 1.82) is 10.5 Å². The highest BCUT2D eigenvalue weighted by Crippen LogP contribution is 2.37. The Morgan fingerprint density at radius 3 is 1.51 bits per heavy atom. The summed E-state index contributed by atoms with van der Waals surface area (Å²) in [5.74, 6) is 1.66. The number of aliphatic hydroxyl groups is 3. The highest BCUT2D eigenvalue weighted by Gasteiger charge is 2.17. The Bertz CT molecular complexity index is 2570. The van der Waals surface area contributed by atoms with Crippen molar-refractivity contribution in [2.45, 2.75) is 59.5 Å². The van der Waals surface area contributed by atoms with Crippen LogP contribution in [-0.2, 0) is 39.6 Å². The lowest BCUT2D eigenvalue weighted by atomic mass is 9.92. The molecule has 6 rings (SSSR count). The van der Waals surface area contributed by atoms with Crippen molar-refractivity contribution in [2.24, 2.45) is 0 Å². The number of nitrogens with one attached hydrogen (secondary N) is 1. The molecule has 0 unspecified atom stereocenters. The van der Waals surface area contributed by atoms with E-state index in [1.54, 1.807) is 48.8 Å². The molecule has 12 nitrogen and oxygen atoms in total. The number of halogens is 2. The van der Waals surface area contributed by atoms with Crippen LogP contribution < -0.4 is 24.3 Å². The zero-order valence-electron chi connectivity index (χ0n) is 33.5. The van der Waals surface area contributed by atoms with Crippen LogP contribution in [0.25, 0.3) is 11.1 Å². The van der Waals surface area contributed by atoms with Crippen molar-refractivity contribution in [3.63, 3.8) is 0 Å². The number of benzene rings is 4. The smallest absolute Gasteiger partial charge is 0.142 e. The predicted octanol–water partition coefficient (Wildman–Crippen LogP) is 8.06. The van der Waals surface area contributed by atoms with Crippen LogP contribution in [0.4, 0.5) is 0 Å². The second-order valence-corrected chi connectivity index (χ2v) is 14.9. The van der Waals surface area contributed by atoms with Gasteiger partial charge in [0, 0.05) is 65.7 Å². The predicted molar refractivity (Wildman–Crippen MR) is 230 cm³/mol. The van der Waals surface area contributed by atoms with Gasteiger partial charge in [0.15, 0.2) is 0 Å². The second-order valence-electron chi connectivity index (χ2n) is 14.1. The zero-order valence-corrected chi connectivity index (χ0v) is 35.0. The van der Waals surface area contributed by atoms with E-state index in [0.717, 1.165) is 33.4 Å². The molecule has 0 fully saturated rings. The molecule has 14 heteroatoms. The van der Waals surface area contributed by atoms with Crippen LogP contribution >= 0.6 is 23.2 Å². The number of hydrogen-bond donors (Lipinski definition) is 4. The number of pyridine rings is 2. The molecule has 0 aliphatic heterocycles. The van der Waals surface area contributed by atoms with Gasteiger partial charge in [-0.15, -0.1) is 0 Å². The first-order chi connectivity index (χ1) is 29.6. The molecule has 0 bridgehead atoms. The lowest BCUT2D eigenvalue weighted by molar-refractivity contribution is 0.170. The van der Waals surface area contributed by atoms with Crippen LogP contribution in [0.5, 0.6) is 23.0 Å². The molecule has 2 aromatic heterocycles. The van der Waals surface area contributed by atoms with E-state index in [1.165, 1.54) is 12.4 Å². The maximum Gasteiger partial charge on any atom is 0.142 e. The molecular formula is C47H43Cl2N5O7. The summed E-state index contributed by atoms with van der Waals surface area (Å²) in [5.41, 5.74) is 9.35. The van der Waals surface area contributed by atoms with Crippen LogP contribution in [0.15, 0.2) is 97.6 Å². The summed E-state index contributed by atoms with van der Waals surface area (Å²) in [5, 5.41) is 51.5. The monoisotopic (exact) mass is 859 g/mol. The summed E-state index contributed by atoms with van der Waals surface area (Å²) in [7, 11) is 0. The van der Waals surface area contributed by atoms with Crippen LogP contribution in [0.3, 0.4) is 0 Å². The third kappa shape index (κ3) is 11.3. The highest BCUT2D eigenvalue weighted by atomic mass is 35.5. The zero-order chi connectivity index (χ0) is 43.3. The van der Waals surface area contributed by atoms with E-state index in [-0.39, 0.29) is 52.8 Å². The Labute approximate surface area is 364 Å². The fourth-order valence-electron chi connectivity index (χ4n) is 6.50. The Morgan fingerprint density at radius 2 is 1.05 bits per heavy atom. The molecule has 4 aromatic carbocycles. The summed E-state index contributed by atoms with van der Waals surface area (Å²) in [6.45, 7) is 4.21. The standard InChI is InChI=1S/C47H43Cl2N5O7/c1-29-35(27-60-46-13-44(58-25-33-9-31(15-50)17-52-19-33)37(11-42(46)48)21-54-39(23-56)24-57)5-3-7-40(29)41-8-4-6-36(30(41)2)28-61-47-14-45(38(22-55)12-43(47)49)59-26-34-10-32(16-51)18-53-20-34/h3-14,17-20,39,54-57H,21-28H2,1-2H3. The van der Waals surface area contributed by atoms with Gasteiger partial charge in [-0.1, -0.05) is 59.6 Å². The number of nitrogens with zero attached hydrogens (tertiary/aromatic N) is 4. The molecule has 312 valence electrons. The first-order valence-electron chi connectivity index (χ1n) is 19.2. The number of hydrogen-bond acceptors (Lipinski definition) is 12. The van der Waals surface area contributed by atoms with E-state index in [4.69, 9.17) is 42.1 Å². The van der Waals surface area contributed by atoms with E-state index in [9.17, 15) is 25.8 Å². The molecule has 61 heavy (non-hydrogen) atoms. The van der Waals surface area contributed by atoms with Gasteiger partial charge in [0.05, 0.1) is 47.0 Å². The van der Waals surface area contributed by atoms with Crippen LogP contribution in [-0.4, -0.2) is 44.5 Å². The van der Waals surface area contributed by atoms with Crippen LogP contribution in [0, 0.1) is 36.5 Å². The van der Waals surface area contributed by atoms with Crippen molar-refractivity contribution < 1.29 is 34.3 Å². The van der Waals surface area contributed by atoms with Crippen molar-refractivity contribution in [1.82, 2.24) is 15.3 Å². The quantitative estimate of drug-likeness (QED) is 0.0616. The van der Waals surface area contributed by atoms with Gasteiger partial charge in [0.1, 0.15) is 61.6 Å². The minimum Gasteiger partial charge on any atom is -0.488 e. The van der Waals surface area contributed by atoms with Crippen molar-refractivity contribution in [2.75, 3.05) is 13.2 Å². The highest BCUT2D eigenvalue weighted by molar-refractivity contribution is 6.32. The maximum absolute atomic E-state index is 10.0. The summed E-state index contributed by atoms with van der Waals surface area (Å²) >= 11 is 13.4. The van der Waals surface area contributed by atoms with E-state index in [0.29, 0.717) is 66.4 Å². The molecule has 0 atom stereocenters. The fourth-order valence-corrected chi connectivity index (χ4v) is 6.98. The number of aromatic nitrogens is 2. The SMILES string of the molecule is Cc1c(COc2cc(OCc3cncc(C#N)c3)c(CO)cc2Cl)cccc1-c1cccc(COc2cc(OCc3cncc(C#N)c3)c(CNC(CO)CO)cc2Cl)c1C. The number of ether oxygens (including phenoxy) is 4. The molecule has 2 heterocycles. The lowest BCUT2D eigenvalue weighted by Crippen LogP contribution is -2.35. The molecule has 4 N–H and O–H groups in total. The number of nitriles is 2. The van der Waals surface area contributed by atoms with Gasteiger partial charge in [-0.2, -0.15) is 10.5 Å². The molecule has 0 saturated carbocycles. The molecule has 6 aromatic rings. The van der Waals surface area contributed by atoms with Gasteiger partial charge < -0.3 is 39.6 Å². The lowest BCUT2D eigenvalue weighted by Gasteiger charge is -2.19. The Morgan fingerprint density at radius 1 is 0.590 bits per heavy atom. The van der Waals surface area contributed by atoms with Gasteiger partial charge in [-0.25, -0.2) is 0 Å². The molecular weight excluding hydrogens is 817 g/mol. The first kappa shape index (κ1) is 44.3. The van der Waals surface area contributed by atoms with E-state index in [1.807, 2.05) is 38.1 Å². The fraction of sp³-hybridized carbons (Fsp3) is 0.234. The summed E-state index contributed by atoms with van der Waals surface area (Å²) < 4.78 is 24.8.